The topological polar surface area (TPSA) is 83.6 Å². The molecule has 3 N–H and O–H groups in total. The van der Waals surface area contributed by atoms with Crippen molar-refractivity contribution in [3.63, 3.8) is 0 Å². The molecule has 5 nitrogen and oxygen atoms in total. The van der Waals surface area contributed by atoms with Crippen LogP contribution in [0.2, 0.25) is 0 Å². The number of carboxylic acid groups (broad SMARTS) is 1. The molecule has 1 heterocycles. The number of nitrogens with zero attached hydrogens (tertiary/aromatic N) is 1. The van der Waals surface area contributed by atoms with Gasteiger partial charge in [-0.25, -0.2) is 0 Å². The van der Waals surface area contributed by atoms with E-state index in [9.17, 15) is 9.59 Å². The molecule has 0 radical (unpaired) electrons. The predicted molar refractivity (Wildman–Crippen MR) is 66.0 cm³/mol. The summed E-state index contributed by atoms with van der Waals surface area (Å²) in [6.45, 7) is 0.818. The van der Waals surface area contributed by atoms with Crippen molar-refractivity contribution < 1.29 is 14.7 Å². The van der Waals surface area contributed by atoms with Crippen molar-refractivity contribution in [3.05, 3.63) is 28.2 Å². The molecule has 17 heavy (non-hydrogen) atoms. The van der Waals surface area contributed by atoms with Crippen LogP contribution < -0.4 is 10.6 Å². The standard InChI is InChI=1S/C11H11BrN2O3/c12-7-1-2-8(10(13)15)9(3-7)14-4-6(5-14)11(16)17/h1-3,6H,4-5H2,(H2,13,15)(H,16,17). The van der Waals surface area contributed by atoms with E-state index in [0.717, 1.165) is 4.47 Å². The molecule has 0 aliphatic carbocycles. The molecule has 90 valence electrons. The van der Waals surface area contributed by atoms with Gasteiger partial charge in [0.1, 0.15) is 0 Å². The van der Waals surface area contributed by atoms with Crippen molar-refractivity contribution in [3.8, 4) is 0 Å². The van der Waals surface area contributed by atoms with Crippen LogP contribution in [0, 0.1) is 5.92 Å². The number of nitrogens with two attached hydrogens (primary N) is 1. The fourth-order valence-corrected chi connectivity index (χ4v) is 2.16. The lowest BCUT2D eigenvalue weighted by Gasteiger charge is -2.39. The Bertz CT molecular complexity index is 484. The van der Waals surface area contributed by atoms with Gasteiger partial charge in [-0.2, -0.15) is 0 Å². The first-order valence-electron chi connectivity index (χ1n) is 5.06. The molecule has 0 spiro atoms. The van der Waals surface area contributed by atoms with Gasteiger partial charge in [-0.1, -0.05) is 15.9 Å². The van der Waals surface area contributed by atoms with E-state index in [1.165, 1.54) is 0 Å². The maximum absolute atomic E-state index is 11.3. The van der Waals surface area contributed by atoms with Gasteiger partial charge in [0.05, 0.1) is 17.2 Å². The molecular formula is C11H11BrN2O3. The molecule has 1 amide bonds. The molecule has 1 aromatic carbocycles. The summed E-state index contributed by atoms with van der Waals surface area (Å²) in [6.07, 6.45) is 0. The van der Waals surface area contributed by atoms with Gasteiger partial charge in [0.25, 0.3) is 5.91 Å². The molecule has 2 rings (SSSR count). The number of halogens is 1. The highest BCUT2D eigenvalue weighted by atomic mass is 79.9. The number of carbonyl (C=O) groups excluding carboxylic acids is 1. The van der Waals surface area contributed by atoms with E-state index in [4.69, 9.17) is 10.8 Å². The van der Waals surface area contributed by atoms with Crippen LogP contribution >= 0.6 is 15.9 Å². The zero-order chi connectivity index (χ0) is 12.6. The minimum Gasteiger partial charge on any atom is -0.481 e. The van der Waals surface area contributed by atoms with Gasteiger partial charge in [0, 0.05) is 17.6 Å². The molecule has 0 unspecified atom stereocenters. The third kappa shape index (κ3) is 2.26. The molecular weight excluding hydrogens is 288 g/mol. The summed E-state index contributed by atoms with van der Waals surface area (Å²) >= 11 is 3.32. The van der Waals surface area contributed by atoms with Crippen LogP contribution in [0.15, 0.2) is 22.7 Å². The Balaban J connectivity index is 2.24. The highest BCUT2D eigenvalue weighted by Gasteiger charge is 2.34. The van der Waals surface area contributed by atoms with Gasteiger partial charge in [0.15, 0.2) is 0 Å². The Kier molecular flexibility index (Phi) is 3.06. The number of hydrogen-bond acceptors (Lipinski definition) is 3. The van der Waals surface area contributed by atoms with Gasteiger partial charge in [-0.15, -0.1) is 0 Å². The molecule has 1 aliphatic heterocycles. The van der Waals surface area contributed by atoms with E-state index in [-0.39, 0.29) is 5.92 Å². The number of primary amides is 1. The highest BCUT2D eigenvalue weighted by molar-refractivity contribution is 9.10. The van der Waals surface area contributed by atoms with Gasteiger partial charge in [0.2, 0.25) is 0 Å². The number of anilines is 1. The largest absolute Gasteiger partial charge is 0.481 e. The molecule has 1 fully saturated rings. The van der Waals surface area contributed by atoms with Gasteiger partial charge < -0.3 is 15.7 Å². The predicted octanol–water partition coefficient (Wildman–Crippen LogP) is 1.07. The average molecular weight is 299 g/mol. The van der Waals surface area contributed by atoms with Gasteiger partial charge in [-0.05, 0) is 18.2 Å². The van der Waals surface area contributed by atoms with Crippen LogP contribution in [0.5, 0.6) is 0 Å². The Morgan fingerprint density at radius 2 is 2.06 bits per heavy atom. The monoisotopic (exact) mass is 298 g/mol. The van der Waals surface area contributed by atoms with E-state index in [1.807, 2.05) is 4.90 Å². The SMILES string of the molecule is NC(=O)c1ccc(Br)cc1N1CC(C(=O)O)C1. The molecule has 1 aromatic rings. The molecule has 0 aromatic heterocycles. The van der Waals surface area contributed by atoms with E-state index < -0.39 is 11.9 Å². The van der Waals surface area contributed by atoms with Crippen LogP contribution in [0.3, 0.4) is 0 Å². The van der Waals surface area contributed by atoms with Crippen molar-refractivity contribution in [2.45, 2.75) is 0 Å². The zero-order valence-corrected chi connectivity index (χ0v) is 10.5. The smallest absolute Gasteiger partial charge is 0.310 e. The first kappa shape index (κ1) is 11.9. The Labute approximate surface area is 106 Å². The fourth-order valence-electron chi connectivity index (χ4n) is 1.81. The lowest BCUT2D eigenvalue weighted by molar-refractivity contribution is -0.142. The second kappa shape index (κ2) is 4.37. The van der Waals surface area contributed by atoms with Crippen LogP contribution in [0.4, 0.5) is 5.69 Å². The summed E-state index contributed by atoms with van der Waals surface area (Å²) in [5.41, 5.74) is 6.38. The third-order valence-corrected chi connectivity index (χ3v) is 3.29. The van der Waals surface area contributed by atoms with E-state index in [2.05, 4.69) is 15.9 Å². The van der Waals surface area contributed by atoms with E-state index in [1.54, 1.807) is 18.2 Å². The van der Waals surface area contributed by atoms with E-state index >= 15 is 0 Å². The number of benzene rings is 1. The van der Waals surface area contributed by atoms with Crippen molar-refractivity contribution in [2.24, 2.45) is 11.7 Å². The molecule has 1 aliphatic rings. The summed E-state index contributed by atoms with van der Waals surface area (Å²) in [5.74, 6) is -1.68. The lowest BCUT2D eigenvalue weighted by Crippen LogP contribution is -2.51. The Morgan fingerprint density at radius 3 is 2.59 bits per heavy atom. The summed E-state index contributed by atoms with van der Waals surface area (Å²) in [5, 5.41) is 8.80. The average Bonchev–Trinajstić information content (AvgIpc) is 2.14. The van der Waals surface area contributed by atoms with Gasteiger partial charge >= 0.3 is 5.97 Å². The number of carbonyl (C=O) groups is 2. The maximum atomic E-state index is 11.3. The Morgan fingerprint density at radius 1 is 1.41 bits per heavy atom. The highest BCUT2D eigenvalue weighted by Crippen LogP contribution is 2.30. The van der Waals surface area contributed by atoms with Crippen molar-refractivity contribution >= 4 is 33.5 Å². The molecule has 6 heteroatoms. The second-order valence-electron chi connectivity index (χ2n) is 3.97. The van der Waals surface area contributed by atoms with Crippen LogP contribution in [-0.4, -0.2) is 30.1 Å². The fraction of sp³-hybridized carbons (Fsp3) is 0.273. The molecule has 0 atom stereocenters. The molecule has 0 saturated carbocycles. The van der Waals surface area contributed by atoms with Crippen LogP contribution in [0.1, 0.15) is 10.4 Å². The number of aliphatic carboxylic acids is 1. The second-order valence-corrected chi connectivity index (χ2v) is 4.88. The Hall–Kier alpha value is -1.56. The van der Waals surface area contributed by atoms with Crippen molar-refractivity contribution in [1.82, 2.24) is 0 Å². The summed E-state index contributed by atoms with van der Waals surface area (Å²) in [4.78, 5) is 23.8. The maximum Gasteiger partial charge on any atom is 0.310 e. The van der Waals surface area contributed by atoms with E-state index in [0.29, 0.717) is 24.3 Å². The minimum absolute atomic E-state index is 0.366. The number of amides is 1. The molecule has 1 saturated heterocycles. The van der Waals surface area contributed by atoms with Crippen molar-refractivity contribution in [2.75, 3.05) is 18.0 Å². The number of hydrogen-bond donors (Lipinski definition) is 2. The minimum atomic E-state index is -0.808. The zero-order valence-electron chi connectivity index (χ0n) is 8.89. The number of carboxylic acids is 1. The van der Waals surface area contributed by atoms with Crippen LogP contribution in [0.25, 0.3) is 0 Å². The normalized spacial score (nSPS) is 15.5. The number of rotatable bonds is 3. The summed E-state index contributed by atoms with van der Waals surface area (Å²) in [6, 6.07) is 5.14. The van der Waals surface area contributed by atoms with Crippen molar-refractivity contribution in [1.29, 1.82) is 0 Å². The quantitative estimate of drug-likeness (QED) is 0.874. The van der Waals surface area contributed by atoms with Crippen LogP contribution in [-0.2, 0) is 4.79 Å². The summed E-state index contributed by atoms with van der Waals surface area (Å²) < 4.78 is 0.830. The first-order chi connectivity index (χ1) is 7.99. The first-order valence-corrected chi connectivity index (χ1v) is 5.85. The lowest BCUT2D eigenvalue weighted by atomic mass is 9.98. The van der Waals surface area contributed by atoms with Gasteiger partial charge in [-0.3, -0.25) is 9.59 Å². The third-order valence-electron chi connectivity index (χ3n) is 2.80. The summed E-state index contributed by atoms with van der Waals surface area (Å²) in [7, 11) is 0. The molecule has 0 bridgehead atoms.